The fraction of sp³-hybridized carbons (Fsp3) is 0.167. The maximum atomic E-state index is 11.3. The standard InChI is InChI=1S/C12H12ClNO3/c13-8-9-17-12(16)14-11(15)7-6-10-4-2-1-3-5-10/h1-7H,8-9H2,(H,14,15,16)/b7-6+. The molecule has 4 nitrogen and oxygen atoms in total. The summed E-state index contributed by atoms with van der Waals surface area (Å²) in [4.78, 5) is 22.2. The zero-order valence-electron chi connectivity index (χ0n) is 9.06. The zero-order valence-corrected chi connectivity index (χ0v) is 9.81. The Hall–Kier alpha value is -1.81. The highest BCUT2D eigenvalue weighted by atomic mass is 35.5. The Morgan fingerprint density at radius 1 is 1.29 bits per heavy atom. The number of halogens is 1. The predicted octanol–water partition coefficient (Wildman–Crippen LogP) is 2.19. The fourth-order valence-corrected chi connectivity index (χ4v) is 1.12. The van der Waals surface area contributed by atoms with E-state index in [1.165, 1.54) is 6.08 Å². The first-order chi connectivity index (χ1) is 8.22. The second-order valence-corrected chi connectivity index (χ2v) is 3.44. The molecule has 0 radical (unpaired) electrons. The van der Waals surface area contributed by atoms with E-state index in [0.717, 1.165) is 5.56 Å². The van der Waals surface area contributed by atoms with Crippen molar-refractivity contribution < 1.29 is 14.3 Å². The van der Waals surface area contributed by atoms with Crippen molar-refractivity contribution in [3.8, 4) is 0 Å². The van der Waals surface area contributed by atoms with Gasteiger partial charge in [-0.15, -0.1) is 11.6 Å². The van der Waals surface area contributed by atoms with Crippen molar-refractivity contribution in [2.45, 2.75) is 0 Å². The van der Waals surface area contributed by atoms with Gasteiger partial charge in [0.15, 0.2) is 0 Å². The third kappa shape index (κ3) is 5.73. The lowest BCUT2D eigenvalue weighted by atomic mass is 10.2. The molecule has 90 valence electrons. The summed E-state index contributed by atoms with van der Waals surface area (Å²) in [6.45, 7) is 0.0725. The highest BCUT2D eigenvalue weighted by Gasteiger charge is 2.04. The average molecular weight is 254 g/mol. The normalized spacial score (nSPS) is 10.2. The van der Waals surface area contributed by atoms with Crippen molar-refractivity contribution in [3.05, 3.63) is 42.0 Å². The van der Waals surface area contributed by atoms with Crippen LogP contribution in [0.2, 0.25) is 0 Å². The second-order valence-electron chi connectivity index (χ2n) is 3.06. The van der Waals surface area contributed by atoms with Crippen molar-refractivity contribution >= 4 is 29.7 Å². The molecule has 0 saturated heterocycles. The third-order valence-electron chi connectivity index (χ3n) is 1.76. The highest BCUT2D eigenvalue weighted by Crippen LogP contribution is 2.00. The SMILES string of the molecule is O=C(/C=C/c1ccccc1)NC(=O)OCCCl. The van der Waals surface area contributed by atoms with Gasteiger partial charge in [0.1, 0.15) is 6.61 Å². The van der Waals surface area contributed by atoms with E-state index in [9.17, 15) is 9.59 Å². The van der Waals surface area contributed by atoms with Gasteiger partial charge < -0.3 is 4.74 Å². The maximum absolute atomic E-state index is 11.3. The molecule has 0 aliphatic carbocycles. The van der Waals surface area contributed by atoms with Gasteiger partial charge in [0.2, 0.25) is 0 Å². The number of nitrogens with one attached hydrogen (secondary N) is 1. The Balaban J connectivity index is 2.39. The first kappa shape index (κ1) is 13.3. The van der Waals surface area contributed by atoms with E-state index < -0.39 is 12.0 Å². The van der Waals surface area contributed by atoms with Crippen LogP contribution in [0.15, 0.2) is 36.4 Å². The Labute approximate surface area is 104 Å². The number of rotatable bonds is 4. The molecule has 1 aromatic carbocycles. The molecular formula is C12H12ClNO3. The molecule has 1 N–H and O–H groups in total. The third-order valence-corrected chi connectivity index (χ3v) is 1.92. The van der Waals surface area contributed by atoms with Crippen LogP contribution in [-0.4, -0.2) is 24.5 Å². The number of hydrogen-bond donors (Lipinski definition) is 1. The monoisotopic (exact) mass is 253 g/mol. The molecule has 0 aliphatic heterocycles. The first-order valence-corrected chi connectivity index (χ1v) is 5.52. The summed E-state index contributed by atoms with van der Waals surface area (Å²) in [5, 5.41) is 2.04. The Bertz CT molecular complexity index is 403. The van der Waals surface area contributed by atoms with Crippen LogP contribution in [0.3, 0.4) is 0 Å². The lowest BCUT2D eigenvalue weighted by molar-refractivity contribution is -0.115. The molecule has 0 unspecified atom stereocenters. The van der Waals surface area contributed by atoms with Crippen LogP contribution in [0.25, 0.3) is 6.08 Å². The molecule has 0 aliphatic rings. The topological polar surface area (TPSA) is 55.4 Å². The van der Waals surface area contributed by atoms with E-state index >= 15 is 0 Å². The van der Waals surface area contributed by atoms with Crippen molar-refractivity contribution in [1.82, 2.24) is 5.32 Å². The van der Waals surface area contributed by atoms with Gasteiger partial charge in [0, 0.05) is 6.08 Å². The Kier molecular flexibility index (Phi) is 5.82. The van der Waals surface area contributed by atoms with Crippen LogP contribution in [0, 0.1) is 0 Å². The number of imide groups is 1. The van der Waals surface area contributed by atoms with E-state index in [0.29, 0.717) is 0 Å². The van der Waals surface area contributed by atoms with E-state index in [-0.39, 0.29) is 12.5 Å². The molecule has 1 rings (SSSR count). The summed E-state index contributed by atoms with van der Waals surface area (Å²) >= 11 is 5.32. The summed E-state index contributed by atoms with van der Waals surface area (Å²) in [6, 6.07) is 9.27. The van der Waals surface area contributed by atoms with Gasteiger partial charge in [-0.25, -0.2) is 4.79 Å². The van der Waals surface area contributed by atoms with Crippen LogP contribution < -0.4 is 5.32 Å². The van der Waals surface area contributed by atoms with Gasteiger partial charge in [-0.3, -0.25) is 10.1 Å². The van der Waals surface area contributed by atoms with Gasteiger partial charge in [-0.05, 0) is 11.6 Å². The molecule has 0 spiro atoms. The molecule has 0 fully saturated rings. The maximum Gasteiger partial charge on any atom is 0.414 e. The highest BCUT2D eigenvalue weighted by molar-refractivity contribution is 6.18. The summed E-state index contributed by atoms with van der Waals surface area (Å²) in [5.74, 6) is -0.338. The number of hydrogen-bond acceptors (Lipinski definition) is 3. The summed E-state index contributed by atoms with van der Waals surface area (Å²) in [5.41, 5.74) is 0.872. The largest absolute Gasteiger partial charge is 0.448 e. The van der Waals surface area contributed by atoms with Crippen molar-refractivity contribution in [2.24, 2.45) is 0 Å². The number of alkyl carbamates (subject to hydrolysis) is 1. The van der Waals surface area contributed by atoms with Gasteiger partial charge in [-0.2, -0.15) is 0 Å². The molecule has 0 bridgehead atoms. The average Bonchev–Trinajstić information content (AvgIpc) is 2.35. The summed E-state index contributed by atoms with van der Waals surface area (Å²) in [6.07, 6.45) is 2.06. The van der Waals surface area contributed by atoms with Gasteiger partial charge in [0.25, 0.3) is 5.91 Å². The molecule has 0 atom stereocenters. The van der Waals surface area contributed by atoms with E-state index in [2.05, 4.69) is 4.74 Å². The van der Waals surface area contributed by atoms with Crippen molar-refractivity contribution in [2.75, 3.05) is 12.5 Å². The lowest BCUT2D eigenvalue weighted by Crippen LogP contribution is -2.29. The van der Waals surface area contributed by atoms with Crippen molar-refractivity contribution in [1.29, 1.82) is 0 Å². The lowest BCUT2D eigenvalue weighted by Gasteiger charge is -2.01. The molecule has 2 amide bonds. The summed E-state index contributed by atoms with van der Waals surface area (Å²) in [7, 11) is 0. The molecule has 17 heavy (non-hydrogen) atoms. The van der Waals surface area contributed by atoms with Gasteiger partial charge in [-0.1, -0.05) is 30.3 Å². The van der Waals surface area contributed by atoms with Crippen LogP contribution in [0.4, 0.5) is 4.79 Å². The van der Waals surface area contributed by atoms with Crippen LogP contribution in [0.1, 0.15) is 5.56 Å². The molecule has 0 heterocycles. The molecule has 0 aromatic heterocycles. The molecule has 1 aromatic rings. The van der Waals surface area contributed by atoms with E-state index in [4.69, 9.17) is 11.6 Å². The Morgan fingerprint density at radius 3 is 2.65 bits per heavy atom. The van der Waals surface area contributed by atoms with Gasteiger partial charge >= 0.3 is 6.09 Å². The number of carbonyl (C=O) groups excluding carboxylic acids is 2. The van der Waals surface area contributed by atoms with Crippen LogP contribution in [-0.2, 0) is 9.53 Å². The van der Waals surface area contributed by atoms with Crippen molar-refractivity contribution in [3.63, 3.8) is 0 Å². The predicted molar refractivity (Wildman–Crippen MR) is 65.7 cm³/mol. The Morgan fingerprint density at radius 2 is 2.00 bits per heavy atom. The minimum absolute atomic E-state index is 0.0725. The smallest absolute Gasteiger partial charge is 0.414 e. The fourth-order valence-electron chi connectivity index (χ4n) is 1.05. The minimum Gasteiger partial charge on any atom is -0.448 e. The number of ether oxygens (including phenoxy) is 1. The minimum atomic E-state index is -0.798. The number of amides is 2. The zero-order chi connectivity index (χ0) is 12.5. The van der Waals surface area contributed by atoms with E-state index in [1.54, 1.807) is 6.08 Å². The summed E-state index contributed by atoms with van der Waals surface area (Å²) < 4.78 is 4.58. The molecule has 5 heteroatoms. The van der Waals surface area contributed by atoms with Crippen LogP contribution in [0.5, 0.6) is 0 Å². The number of alkyl halides is 1. The molecular weight excluding hydrogens is 242 g/mol. The van der Waals surface area contributed by atoms with E-state index in [1.807, 2.05) is 35.6 Å². The molecule has 0 saturated carbocycles. The van der Waals surface area contributed by atoms with Crippen LogP contribution >= 0.6 is 11.6 Å². The number of benzene rings is 1. The second kappa shape index (κ2) is 7.46. The quantitative estimate of drug-likeness (QED) is 0.661. The first-order valence-electron chi connectivity index (χ1n) is 4.99. The number of carbonyl (C=O) groups is 2. The van der Waals surface area contributed by atoms with Gasteiger partial charge in [0.05, 0.1) is 5.88 Å².